The van der Waals surface area contributed by atoms with E-state index >= 15 is 0 Å². The molecule has 0 amide bonds. The van der Waals surface area contributed by atoms with E-state index in [0.717, 1.165) is 40.7 Å². The van der Waals surface area contributed by atoms with Gasteiger partial charge in [-0.2, -0.15) is 9.40 Å². The minimum Gasteiger partial charge on any atom is -0.346 e. The summed E-state index contributed by atoms with van der Waals surface area (Å²) in [6.45, 7) is 2.90. The average Bonchev–Trinajstić information content (AvgIpc) is 3.44. The minimum atomic E-state index is -3.46. The molecular formula is C21H22N6O2S. The molecule has 0 bridgehead atoms. The Balaban J connectivity index is 1.32. The van der Waals surface area contributed by atoms with Crippen molar-refractivity contribution in [3.63, 3.8) is 0 Å². The molecule has 154 valence electrons. The summed E-state index contributed by atoms with van der Waals surface area (Å²) in [4.78, 5) is 12.1. The number of benzene rings is 1. The third-order valence-electron chi connectivity index (χ3n) is 5.69. The van der Waals surface area contributed by atoms with Crippen molar-refractivity contribution in [2.45, 2.75) is 30.7 Å². The van der Waals surface area contributed by atoms with Crippen LogP contribution in [-0.2, 0) is 10.0 Å². The number of sulfonamides is 1. The molecule has 0 aliphatic carbocycles. The SMILES string of the molecule is Cc1ccc(S(=O)(=O)N2CCC(n3cc(-c4ncnc5[nH]ccc45)cn3)CC2)cc1. The summed E-state index contributed by atoms with van der Waals surface area (Å²) in [6, 6.07) is 9.14. The lowest BCUT2D eigenvalue weighted by molar-refractivity contribution is 0.261. The van der Waals surface area contributed by atoms with Crippen molar-refractivity contribution in [1.29, 1.82) is 0 Å². The van der Waals surface area contributed by atoms with Crippen molar-refractivity contribution in [2.75, 3.05) is 13.1 Å². The van der Waals surface area contributed by atoms with Gasteiger partial charge in [-0.1, -0.05) is 17.7 Å². The number of aromatic nitrogens is 5. The van der Waals surface area contributed by atoms with Gasteiger partial charge in [0.15, 0.2) is 0 Å². The number of hydrogen-bond donors (Lipinski definition) is 1. The molecular weight excluding hydrogens is 400 g/mol. The summed E-state index contributed by atoms with van der Waals surface area (Å²) in [5.41, 5.74) is 3.61. The second kappa shape index (κ2) is 7.33. The summed E-state index contributed by atoms with van der Waals surface area (Å²) in [5.74, 6) is 0. The highest BCUT2D eigenvalue weighted by atomic mass is 32.2. The van der Waals surface area contributed by atoms with Gasteiger partial charge in [0.1, 0.15) is 12.0 Å². The molecule has 1 aliphatic heterocycles. The number of fused-ring (bicyclic) bond motifs is 1. The van der Waals surface area contributed by atoms with E-state index < -0.39 is 10.0 Å². The third-order valence-corrected chi connectivity index (χ3v) is 7.60. The van der Waals surface area contributed by atoms with E-state index in [9.17, 15) is 8.42 Å². The van der Waals surface area contributed by atoms with Gasteiger partial charge in [-0.25, -0.2) is 18.4 Å². The maximum atomic E-state index is 12.9. The molecule has 4 heterocycles. The van der Waals surface area contributed by atoms with E-state index in [1.165, 1.54) is 0 Å². The summed E-state index contributed by atoms with van der Waals surface area (Å²) in [5, 5.41) is 5.50. The van der Waals surface area contributed by atoms with Crippen LogP contribution in [0.1, 0.15) is 24.4 Å². The summed E-state index contributed by atoms with van der Waals surface area (Å²) in [7, 11) is -3.46. The zero-order valence-electron chi connectivity index (χ0n) is 16.6. The molecule has 4 aromatic rings. The molecule has 5 rings (SSSR count). The molecule has 0 unspecified atom stereocenters. The molecule has 8 nitrogen and oxygen atoms in total. The maximum absolute atomic E-state index is 12.9. The lowest BCUT2D eigenvalue weighted by Gasteiger charge is -2.31. The van der Waals surface area contributed by atoms with Gasteiger partial charge in [0.2, 0.25) is 10.0 Å². The van der Waals surface area contributed by atoms with E-state index in [4.69, 9.17) is 0 Å². The summed E-state index contributed by atoms with van der Waals surface area (Å²) < 4.78 is 29.3. The molecule has 30 heavy (non-hydrogen) atoms. The summed E-state index contributed by atoms with van der Waals surface area (Å²) in [6.07, 6.45) is 8.62. The van der Waals surface area contributed by atoms with Crippen LogP contribution in [0.4, 0.5) is 0 Å². The van der Waals surface area contributed by atoms with E-state index in [1.54, 1.807) is 22.8 Å². The van der Waals surface area contributed by atoms with Crippen molar-refractivity contribution in [3.05, 3.63) is 60.8 Å². The van der Waals surface area contributed by atoms with Gasteiger partial charge in [-0.15, -0.1) is 0 Å². The zero-order chi connectivity index (χ0) is 20.7. The molecule has 9 heteroatoms. The predicted molar refractivity (Wildman–Crippen MR) is 113 cm³/mol. The van der Waals surface area contributed by atoms with E-state index in [1.807, 2.05) is 48.4 Å². The Morgan fingerprint density at radius 1 is 1.07 bits per heavy atom. The van der Waals surface area contributed by atoms with Crippen LogP contribution in [0.5, 0.6) is 0 Å². The highest BCUT2D eigenvalue weighted by Gasteiger charge is 2.30. The maximum Gasteiger partial charge on any atom is 0.243 e. The van der Waals surface area contributed by atoms with Gasteiger partial charge in [0.25, 0.3) is 0 Å². The van der Waals surface area contributed by atoms with E-state index in [-0.39, 0.29) is 6.04 Å². The van der Waals surface area contributed by atoms with Crippen LogP contribution in [0.3, 0.4) is 0 Å². The molecule has 0 saturated carbocycles. The van der Waals surface area contributed by atoms with Crippen LogP contribution in [-0.4, -0.2) is 50.5 Å². The second-order valence-corrected chi connectivity index (χ2v) is 9.56. The summed E-state index contributed by atoms with van der Waals surface area (Å²) >= 11 is 0. The topological polar surface area (TPSA) is 96.8 Å². The lowest BCUT2D eigenvalue weighted by atomic mass is 10.1. The van der Waals surface area contributed by atoms with Gasteiger partial charge in [-0.05, 0) is 38.0 Å². The normalized spacial score (nSPS) is 16.3. The monoisotopic (exact) mass is 422 g/mol. The molecule has 1 aliphatic rings. The Morgan fingerprint density at radius 2 is 1.83 bits per heavy atom. The number of hydrogen-bond acceptors (Lipinski definition) is 5. The smallest absolute Gasteiger partial charge is 0.243 e. The number of H-pyrrole nitrogens is 1. The Bertz CT molecular complexity index is 1280. The lowest BCUT2D eigenvalue weighted by Crippen LogP contribution is -2.39. The highest BCUT2D eigenvalue weighted by molar-refractivity contribution is 7.89. The third kappa shape index (κ3) is 3.29. The number of nitrogens with zero attached hydrogens (tertiary/aromatic N) is 5. The molecule has 1 saturated heterocycles. The first-order valence-corrected chi connectivity index (χ1v) is 11.4. The number of nitrogens with one attached hydrogen (secondary N) is 1. The van der Waals surface area contributed by atoms with Gasteiger partial charge in [0.05, 0.1) is 22.8 Å². The Kier molecular flexibility index (Phi) is 4.63. The largest absolute Gasteiger partial charge is 0.346 e. The molecule has 0 spiro atoms. The number of aryl methyl sites for hydroxylation is 1. The highest BCUT2D eigenvalue weighted by Crippen LogP contribution is 2.29. The van der Waals surface area contributed by atoms with Crippen LogP contribution in [0.25, 0.3) is 22.3 Å². The number of rotatable bonds is 4. The van der Waals surface area contributed by atoms with Crippen LogP contribution in [0.15, 0.2) is 60.1 Å². The van der Waals surface area contributed by atoms with Crippen molar-refractivity contribution in [3.8, 4) is 11.3 Å². The van der Waals surface area contributed by atoms with E-state index in [2.05, 4.69) is 20.1 Å². The molecule has 0 radical (unpaired) electrons. The first kappa shape index (κ1) is 19.0. The van der Waals surface area contributed by atoms with Crippen LogP contribution in [0, 0.1) is 6.92 Å². The first-order chi connectivity index (χ1) is 14.5. The molecule has 3 aromatic heterocycles. The van der Waals surface area contributed by atoms with Crippen LogP contribution >= 0.6 is 0 Å². The molecule has 1 fully saturated rings. The fourth-order valence-electron chi connectivity index (χ4n) is 3.97. The van der Waals surface area contributed by atoms with Crippen molar-refractivity contribution in [2.24, 2.45) is 0 Å². The zero-order valence-corrected chi connectivity index (χ0v) is 17.4. The second-order valence-electron chi connectivity index (χ2n) is 7.62. The standard InChI is InChI=1S/C21H22N6O2S/c1-15-2-4-18(5-3-15)30(28,29)26-10-7-17(8-11-26)27-13-16(12-25-27)20-19-6-9-22-21(19)24-14-23-20/h2-6,9,12-14,17H,7-8,10-11H2,1H3,(H,22,23,24). The van der Waals surface area contributed by atoms with Crippen molar-refractivity contribution < 1.29 is 8.42 Å². The number of piperidine rings is 1. The Morgan fingerprint density at radius 3 is 2.60 bits per heavy atom. The van der Waals surface area contributed by atoms with Crippen LogP contribution < -0.4 is 0 Å². The number of aromatic amines is 1. The van der Waals surface area contributed by atoms with Crippen molar-refractivity contribution in [1.82, 2.24) is 29.0 Å². The van der Waals surface area contributed by atoms with Gasteiger partial charge < -0.3 is 4.98 Å². The van der Waals surface area contributed by atoms with Crippen molar-refractivity contribution >= 4 is 21.1 Å². The average molecular weight is 423 g/mol. The van der Waals surface area contributed by atoms with Crippen LogP contribution in [0.2, 0.25) is 0 Å². The minimum absolute atomic E-state index is 0.159. The fourth-order valence-corrected chi connectivity index (χ4v) is 5.44. The van der Waals surface area contributed by atoms with Gasteiger partial charge in [-0.3, -0.25) is 4.68 Å². The molecule has 0 atom stereocenters. The Hall–Kier alpha value is -3.04. The molecule has 1 aromatic carbocycles. The quantitative estimate of drug-likeness (QED) is 0.545. The van der Waals surface area contributed by atoms with Gasteiger partial charge in [0, 0.05) is 36.4 Å². The van der Waals surface area contributed by atoms with Gasteiger partial charge >= 0.3 is 0 Å². The fraction of sp³-hybridized carbons (Fsp3) is 0.286. The van der Waals surface area contributed by atoms with E-state index in [0.29, 0.717) is 18.0 Å². The first-order valence-electron chi connectivity index (χ1n) is 9.92. The predicted octanol–water partition coefficient (Wildman–Crippen LogP) is 3.16. The molecule has 1 N–H and O–H groups in total. The Labute approximate surface area is 174 Å².